The van der Waals surface area contributed by atoms with Crippen LogP contribution >= 0.6 is 11.8 Å². The van der Waals surface area contributed by atoms with Crippen molar-refractivity contribution in [1.82, 2.24) is 5.32 Å². The van der Waals surface area contributed by atoms with Gasteiger partial charge in [-0.05, 0) is 0 Å². The number of carbonyl (C=O) groups is 1. The number of hydrogen-bond acceptors (Lipinski definition) is 5. The van der Waals surface area contributed by atoms with E-state index in [4.69, 9.17) is 0 Å². The molecular formula is C8H7F3N2O3S2. The summed E-state index contributed by atoms with van der Waals surface area (Å²) < 4.78 is 60.1. The molecule has 2 rings (SSSR count). The minimum atomic E-state index is -4.90. The lowest BCUT2D eigenvalue weighted by Gasteiger charge is -2.21. The molecule has 100 valence electrons. The van der Waals surface area contributed by atoms with E-state index in [1.54, 1.807) is 0 Å². The van der Waals surface area contributed by atoms with Gasteiger partial charge in [0, 0.05) is 12.0 Å². The van der Waals surface area contributed by atoms with E-state index in [-0.39, 0.29) is 15.7 Å². The number of thioether (sulfide) groups is 1. The molecule has 1 unspecified atom stereocenters. The van der Waals surface area contributed by atoms with Gasteiger partial charge in [-0.1, -0.05) is 0 Å². The number of aliphatic imine (C=N–C) groups is 1. The molecule has 5 nitrogen and oxygen atoms in total. The maximum absolute atomic E-state index is 12.5. The van der Waals surface area contributed by atoms with Gasteiger partial charge in [-0.25, -0.2) is 13.4 Å². The molecule has 0 saturated carbocycles. The molecule has 0 saturated heterocycles. The second kappa shape index (κ2) is 3.98. The minimum absolute atomic E-state index is 0.165. The van der Waals surface area contributed by atoms with Crippen LogP contribution in [0.2, 0.25) is 0 Å². The van der Waals surface area contributed by atoms with Crippen LogP contribution in [0.15, 0.2) is 14.9 Å². The van der Waals surface area contributed by atoms with E-state index in [2.05, 4.69) is 10.3 Å². The van der Waals surface area contributed by atoms with Crippen molar-refractivity contribution in [3.05, 3.63) is 9.93 Å². The molecule has 0 radical (unpaired) electrons. The molecule has 0 fully saturated rings. The van der Waals surface area contributed by atoms with E-state index in [0.717, 1.165) is 18.0 Å². The van der Waals surface area contributed by atoms with Crippen molar-refractivity contribution in [2.45, 2.75) is 12.2 Å². The summed E-state index contributed by atoms with van der Waals surface area (Å²) in [5, 5.41) is 2.10. The number of nitrogens with zero attached hydrogens (tertiary/aromatic N) is 1. The molecule has 0 aromatic heterocycles. The van der Waals surface area contributed by atoms with Crippen LogP contribution in [0.25, 0.3) is 0 Å². The lowest BCUT2D eigenvalue weighted by Crippen LogP contribution is -2.49. The third-order valence-electron chi connectivity index (χ3n) is 2.28. The Bertz CT molecular complexity index is 577. The predicted molar refractivity (Wildman–Crippen MR) is 59.7 cm³/mol. The van der Waals surface area contributed by atoms with Gasteiger partial charge in [0.1, 0.15) is 4.24 Å². The summed E-state index contributed by atoms with van der Waals surface area (Å²) in [5.41, 5.74) is -1.84. The van der Waals surface area contributed by atoms with E-state index < -0.39 is 33.7 Å². The maximum atomic E-state index is 12.5. The molecule has 2 aliphatic heterocycles. The summed E-state index contributed by atoms with van der Waals surface area (Å²) in [6.45, 7) is 0. The van der Waals surface area contributed by atoms with E-state index >= 15 is 0 Å². The molecular weight excluding hydrogens is 293 g/mol. The normalized spacial score (nSPS) is 24.8. The average molecular weight is 300 g/mol. The number of halogens is 3. The summed E-state index contributed by atoms with van der Waals surface area (Å²) >= 11 is 0.872. The summed E-state index contributed by atoms with van der Waals surface area (Å²) in [4.78, 5) is 14.4. The van der Waals surface area contributed by atoms with Gasteiger partial charge in [-0.3, -0.25) is 4.79 Å². The average Bonchev–Trinajstić information content (AvgIpc) is 2.56. The Labute approximate surface area is 104 Å². The first-order valence-electron chi connectivity index (χ1n) is 4.64. The Morgan fingerprint density at radius 3 is 2.56 bits per heavy atom. The Balaban J connectivity index is 2.58. The number of rotatable bonds is 1. The first-order valence-corrected chi connectivity index (χ1v) is 7.52. The van der Waals surface area contributed by atoms with Crippen LogP contribution in [0.4, 0.5) is 13.2 Å². The van der Waals surface area contributed by atoms with Gasteiger partial charge in [0.15, 0.2) is 9.84 Å². The van der Waals surface area contributed by atoms with E-state index in [1.807, 2.05) is 0 Å². The highest BCUT2D eigenvalue weighted by molar-refractivity contribution is 8.18. The molecule has 2 heterocycles. The second-order valence-corrected chi connectivity index (χ2v) is 6.98. The van der Waals surface area contributed by atoms with Gasteiger partial charge in [-0.15, -0.1) is 11.8 Å². The zero-order valence-corrected chi connectivity index (χ0v) is 10.5. The fourth-order valence-electron chi connectivity index (χ4n) is 1.57. The standard InChI is InChI=1S/C8H7F3N2O3S2/c1-18(15,16)7-4-3(2-17-7)12-6(14)5(13-4)8(9,10)11/h3H,2H2,1H3,(H,12,14). The third-order valence-corrected chi connectivity index (χ3v) is 5.39. The molecule has 0 aromatic rings. The van der Waals surface area contributed by atoms with E-state index in [0.29, 0.717) is 0 Å². The quantitative estimate of drug-likeness (QED) is 0.763. The monoisotopic (exact) mass is 300 g/mol. The Morgan fingerprint density at radius 1 is 1.44 bits per heavy atom. The smallest absolute Gasteiger partial charge is 0.341 e. The molecule has 2 aliphatic rings. The van der Waals surface area contributed by atoms with Crippen molar-refractivity contribution in [1.29, 1.82) is 0 Å². The lowest BCUT2D eigenvalue weighted by atomic mass is 10.2. The first-order chi connectivity index (χ1) is 8.10. The zero-order valence-electron chi connectivity index (χ0n) is 8.91. The number of nitrogens with one attached hydrogen (secondary N) is 1. The minimum Gasteiger partial charge on any atom is -0.341 e. The number of alkyl halides is 3. The second-order valence-electron chi connectivity index (χ2n) is 3.74. The molecule has 0 spiro atoms. The molecule has 1 N–H and O–H groups in total. The van der Waals surface area contributed by atoms with E-state index in [9.17, 15) is 26.4 Å². The van der Waals surface area contributed by atoms with Crippen LogP contribution in [0.5, 0.6) is 0 Å². The molecule has 0 aliphatic carbocycles. The molecule has 0 bridgehead atoms. The molecule has 0 aromatic carbocycles. The van der Waals surface area contributed by atoms with Gasteiger partial charge in [0.2, 0.25) is 5.71 Å². The Hall–Kier alpha value is -1.03. The van der Waals surface area contributed by atoms with Crippen molar-refractivity contribution < 1.29 is 26.4 Å². The summed E-state index contributed by atoms with van der Waals surface area (Å²) in [6.07, 6.45) is -4.01. The van der Waals surface area contributed by atoms with Crippen LogP contribution in [-0.2, 0) is 14.6 Å². The number of hydrogen-bond donors (Lipinski definition) is 1. The van der Waals surface area contributed by atoms with Crippen LogP contribution in [0, 0.1) is 0 Å². The number of fused-ring (bicyclic) bond motifs is 1. The molecule has 1 atom stereocenters. The Morgan fingerprint density at radius 2 is 2.06 bits per heavy atom. The predicted octanol–water partition coefficient (Wildman–Crippen LogP) is 0.449. The van der Waals surface area contributed by atoms with Crippen LogP contribution in [-0.4, -0.2) is 44.3 Å². The maximum Gasteiger partial charge on any atom is 0.438 e. The van der Waals surface area contributed by atoms with Gasteiger partial charge >= 0.3 is 6.18 Å². The van der Waals surface area contributed by atoms with Gasteiger partial charge in [-0.2, -0.15) is 13.2 Å². The molecule has 18 heavy (non-hydrogen) atoms. The largest absolute Gasteiger partial charge is 0.438 e. The van der Waals surface area contributed by atoms with Crippen molar-refractivity contribution in [2.24, 2.45) is 4.99 Å². The van der Waals surface area contributed by atoms with E-state index in [1.165, 1.54) is 0 Å². The van der Waals surface area contributed by atoms with Crippen molar-refractivity contribution in [2.75, 3.05) is 12.0 Å². The summed E-state index contributed by atoms with van der Waals surface area (Å²) in [6, 6.07) is -0.779. The fourth-order valence-corrected chi connectivity index (χ4v) is 4.10. The van der Waals surface area contributed by atoms with Crippen molar-refractivity contribution in [3.63, 3.8) is 0 Å². The SMILES string of the molecule is CS(=O)(=O)C1=C2N=C(C(F)(F)F)C(=O)NC2CS1. The van der Waals surface area contributed by atoms with Crippen molar-refractivity contribution >= 4 is 33.2 Å². The zero-order chi connectivity index (χ0) is 13.7. The fraction of sp³-hybridized carbons (Fsp3) is 0.500. The van der Waals surface area contributed by atoms with Crippen LogP contribution in [0.1, 0.15) is 0 Å². The molecule has 10 heteroatoms. The third kappa shape index (κ3) is 2.26. The summed E-state index contributed by atoms with van der Waals surface area (Å²) in [7, 11) is -3.64. The number of sulfone groups is 1. The Kier molecular flexibility index (Phi) is 2.97. The van der Waals surface area contributed by atoms with Crippen LogP contribution < -0.4 is 5.32 Å². The van der Waals surface area contributed by atoms with Gasteiger partial charge < -0.3 is 5.32 Å². The van der Waals surface area contributed by atoms with Crippen molar-refractivity contribution in [3.8, 4) is 0 Å². The van der Waals surface area contributed by atoms with Gasteiger partial charge in [0.25, 0.3) is 5.91 Å². The highest BCUT2D eigenvalue weighted by Crippen LogP contribution is 2.38. The number of amides is 1. The lowest BCUT2D eigenvalue weighted by molar-refractivity contribution is -0.120. The molecule has 1 amide bonds. The highest BCUT2D eigenvalue weighted by Gasteiger charge is 2.47. The van der Waals surface area contributed by atoms with Gasteiger partial charge in [0.05, 0.1) is 11.7 Å². The first kappa shape index (κ1) is 13.4. The summed E-state index contributed by atoms with van der Waals surface area (Å²) in [5.74, 6) is -1.16. The number of carbonyl (C=O) groups excluding carboxylic acids is 1. The topological polar surface area (TPSA) is 75.6 Å². The van der Waals surface area contributed by atoms with Crippen LogP contribution in [0.3, 0.4) is 0 Å². The highest BCUT2D eigenvalue weighted by atomic mass is 32.3.